The van der Waals surface area contributed by atoms with Gasteiger partial charge in [-0.2, -0.15) is 0 Å². The number of aromatic nitrogens is 1. The van der Waals surface area contributed by atoms with E-state index in [1.54, 1.807) is 6.07 Å². The number of carbonyl (C=O) groups excluding carboxylic acids is 1. The summed E-state index contributed by atoms with van der Waals surface area (Å²) >= 11 is 3.37. The highest BCUT2D eigenvalue weighted by Gasteiger charge is 2.30. The number of amides is 1. The van der Waals surface area contributed by atoms with Crippen LogP contribution in [-0.2, 0) is 11.3 Å². The minimum Gasteiger partial charge on any atom is -0.480 e. The Hall–Kier alpha value is -1.30. The molecule has 0 radical (unpaired) electrons. The van der Waals surface area contributed by atoms with E-state index in [0.29, 0.717) is 12.2 Å². The summed E-state index contributed by atoms with van der Waals surface area (Å²) in [6.07, 6.45) is 5.76. The lowest BCUT2D eigenvalue weighted by Gasteiger charge is -2.27. The van der Waals surface area contributed by atoms with Gasteiger partial charge in [-0.1, -0.05) is 12.8 Å². The highest BCUT2D eigenvalue weighted by Crippen LogP contribution is 2.26. The zero-order chi connectivity index (χ0) is 14.7. The minimum absolute atomic E-state index is 0.0533. The van der Waals surface area contributed by atoms with E-state index >= 15 is 0 Å². The van der Waals surface area contributed by atoms with Crippen molar-refractivity contribution in [2.45, 2.75) is 45.2 Å². The van der Waals surface area contributed by atoms with E-state index < -0.39 is 5.97 Å². The summed E-state index contributed by atoms with van der Waals surface area (Å²) in [5, 5.41) is 9.06. The summed E-state index contributed by atoms with van der Waals surface area (Å²) in [5.74, 6) is -1.15. The number of halogens is 1. The van der Waals surface area contributed by atoms with E-state index in [1.807, 2.05) is 17.7 Å². The number of aliphatic carboxylic acids is 1. The molecule has 110 valence electrons. The largest absolute Gasteiger partial charge is 0.480 e. The van der Waals surface area contributed by atoms with E-state index in [0.717, 1.165) is 30.2 Å². The number of aryl methyl sites for hydroxylation is 1. The second-order valence-corrected chi connectivity index (χ2v) is 6.01. The smallest absolute Gasteiger partial charge is 0.323 e. The van der Waals surface area contributed by atoms with Crippen molar-refractivity contribution in [2.24, 2.45) is 0 Å². The third-order valence-electron chi connectivity index (χ3n) is 3.75. The van der Waals surface area contributed by atoms with Gasteiger partial charge < -0.3 is 14.6 Å². The van der Waals surface area contributed by atoms with E-state index in [4.69, 9.17) is 5.11 Å². The van der Waals surface area contributed by atoms with E-state index in [1.165, 1.54) is 4.90 Å². The predicted molar refractivity (Wildman–Crippen MR) is 78.7 cm³/mol. The van der Waals surface area contributed by atoms with Gasteiger partial charge in [-0.25, -0.2) is 0 Å². The van der Waals surface area contributed by atoms with Crippen molar-refractivity contribution in [3.8, 4) is 0 Å². The zero-order valence-corrected chi connectivity index (χ0v) is 13.1. The number of carbonyl (C=O) groups is 2. The molecule has 1 fully saturated rings. The summed E-state index contributed by atoms with van der Waals surface area (Å²) in [6.45, 7) is 2.41. The van der Waals surface area contributed by atoms with E-state index in [9.17, 15) is 9.59 Å². The Morgan fingerprint density at radius 1 is 1.45 bits per heavy atom. The number of nitrogens with zero attached hydrogens (tertiary/aromatic N) is 2. The first kappa shape index (κ1) is 15.1. The fourth-order valence-electron chi connectivity index (χ4n) is 2.79. The minimum atomic E-state index is -0.959. The van der Waals surface area contributed by atoms with Crippen LogP contribution in [-0.4, -0.2) is 39.0 Å². The molecular weight excluding hydrogens is 324 g/mol. The van der Waals surface area contributed by atoms with E-state index in [-0.39, 0.29) is 18.5 Å². The van der Waals surface area contributed by atoms with Crippen molar-refractivity contribution in [1.29, 1.82) is 0 Å². The molecule has 6 heteroatoms. The van der Waals surface area contributed by atoms with Crippen molar-refractivity contribution >= 4 is 27.8 Å². The third-order valence-corrected chi connectivity index (χ3v) is 4.19. The summed E-state index contributed by atoms with van der Waals surface area (Å²) in [6, 6.07) is 1.81. The van der Waals surface area contributed by atoms with Gasteiger partial charge in [0.1, 0.15) is 12.2 Å². The summed E-state index contributed by atoms with van der Waals surface area (Å²) < 4.78 is 2.68. The van der Waals surface area contributed by atoms with Crippen molar-refractivity contribution in [2.75, 3.05) is 6.54 Å². The number of hydrogen-bond donors (Lipinski definition) is 1. The van der Waals surface area contributed by atoms with Gasteiger partial charge in [-0.3, -0.25) is 9.59 Å². The molecular formula is C14H19BrN2O3. The molecule has 0 aromatic carbocycles. The van der Waals surface area contributed by atoms with E-state index in [2.05, 4.69) is 15.9 Å². The van der Waals surface area contributed by atoms with Gasteiger partial charge in [0.25, 0.3) is 5.91 Å². The maximum absolute atomic E-state index is 12.7. The van der Waals surface area contributed by atoms with Crippen molar-refractivity contribution in [3.05, 3.63) is 22.4 Å². The van der Waals surface area contributed by atoms with Crippen LogP contribution >= 0.6 is 15.9 Å². The number of carboxylic acid groups (broad SMARTS) is 1. The molecule has 1 aliphatic rings. The molecule has 1 heterocycles. The van der Waals surface area contributed by atoms with Crippen LogP contribution in [0.25, 0.3) is 0 Å². The van der Waals surface area contributed by atoms with Crippen LogP contribution in [0.4, 0.5) is 0 Å². The number of rotatable bonds is 5. The normalized spacial score (nSPS) is 15.5. The fourth-order valence-corrected chi connectivity index (χ4v) is 3.25. The molecule has 2 rings (SSSR count). The van der Waals surface area contributed by atoms with Crippen molar-refractivity contribution in [1.82, 2.24) is 9.47 Å². The molecule has 1 aliphatic carbocycles. The maximum atomic E-state index is 12.7. The van der Waals surface area contributed by atoms with Crippen LogP contribution in [0.3, 0.4) is 0 Å². The number of hydrogen-bond acceptors (Lipinski definition) is 2. The monoisotopic (exact) mass is 342 g/mol. The molecule has 1 saturated carbocycles. The third kappa shape index (κ3) is 3.23. The summed E-state index contributed by atoms with van der Waals surface area (Å²) in [4.78, 5) is 25.3. The zero-order valence-electron chi connectivity index (χ0n) is 11.5. The average molecular weight is 343 g/mol. The molecule has 0 bridgehead atoms. The van der Waals surface area contributed by atoms with Crippen LogP contribution in [0.1, 0.15) is 43.1 Å². The summed E-state index contributed by atoms with van der Waals surface area (Å²) in [5.41, 5.74) is 0.549. The molecule has 0 saturated heterocycles. The highest BCUT2D eigenvalue weighted by atomic mass is 79.9. The van der Waals surface area contributed by atoms with Crippen molar-refractivity contribution < 1.29 is 14.7 Å². The lowest BCUT2D eigenvalue weighted by molar-refractivity contribution is -0.138. The standard InChI is InChI=1S/C14H19BrN2O3/c1-2-16-8-10(15)7-12(16)14(20)17(9-13(18)19)11-5-3-4-6-11/h7-8,11H,2-6,9H2,1H3,(H,18,19). The molecule has 1 N–H and O–H groups in total. The number of carboxylic acids is 1. The van der Waals surface area contributed by atoms with Crippen molar-refractivity contribution in [3.63, 3.8) is 0 Å². The molecule has 0 unspecified atom stereocenters. The molecule has 0 aliphatic heterocycles. The molecule has 1 amide bonds. The second kappa shape index (κ2) is 6.43. The van der Waals surface area contributed by atoms with Crippen LogP contribution in [0.2, 0.25) is 0 Å². The molecule has 20 heavy (non-hydrogen) atoms. The first-order chi connectivity index (χ1) is 9.52. The lowest BCUT2D eigenvalue weighted by Crippen LogP contribution is -2.43. The Balaban J connectivity index is 2.26. The first-order valence-electron chi connectivity index (χ1n) is 6.91. The van der Waals surface area contributed by atoms with Crippen LogP contribution in [0, 0.1) is 0 Å². The molecule has 5 nitrogen and oxygen atoms in total. The van der Waals surface area contributed by atoms with Crippen LogP contribution in [0.15, 0.2) is 16.7 Å². The van der Waals surface area contributed by atoms with Crippen LogP contribution in [0.5, 0.6) is 0 Å². The van der Waals surface area contributed by atoms with Gasteiger partial charge in [-0.15, -0.1) is 0 Å². The van der Waals surface area contributed by atoms with Gasteiger partial charge in [0.15, 0.2) is 0 Å². The van der Waals surface area contributed by atoms with Gasteiger partial charge in [0.05, 0.1) is 0 Å². The lowest BCUT2D eigenvalue weighted by atomic mass is 10.2. The highest BCUT2D eigenvalue weighted by molar-refractivity contribution is 9.10. The second-order valence-electron chi connectivity index (χ2n) is 5.09. The Labute approximate surface area is 126 Å². The van der Waals surface area contributed by atoms with Gasteiger partial charge >= 0.3 is 5.97 Å². The Morgan fingerprint density at radius 3 is 2.65 bits per heavy atom. The van der Waals surface area contributed by atoms with Gasteiger partial charge in [-0.05, 0) is 41.8 Å². The maximum Gasteiger partial charge on any atom is 0.323 e. The molecule has 0 atom stereocenters. The molecule has 1 aromatic rings. The average Bonchev–Trinajstić information content (AvgIpc) is 3.03. The fraction of sp³-hybridized carbons (Fsp3) is 0.571. The predicted octanol–water partition coefficient (Wildman–Crippen LogP) is 2.74. The SMILES string of the molecule is CCn1cc(Br)cc1C(=O)N(CC(=O)O)C1CCCC1. The molecule has 0 spiro atoms. The van der Waals surface area contributed by atoms with Gasteiger partial charge in [0, 0.05) is 23.3 Å². The Morgan fingerprint density at radius 2 is 2.10 bits per heavy atom. The Bertz CT molecular complexity index is 507. The quantitative estimate of drug-likeness (QED) is 0.894. The summed E-state index contributed by atoms with van der Waals surface area (Å²) in [7, 11) is 0. The topological polar surface area (TPSA) is 62.5 Å². The van der Waals surface area contributed by atoms with Gasteiger partial charge in [0.2, 0.25) is 0 Å². The van der Waals surface area contributed by atoms with Crippen LogP contribution < -0.4 is 0 Å². The Kier molecular flexibility index (Phi) is 4.86. The first-order valence-corrected chi connectivity index (χ1v) is 7.70. The molecule has 1 aromatic heterocycles.